The molecule has 12 heavy (non-hydrogen) atoms. The molecule has 2 rings (SSSR count). The third-order valence-electron chi connectivity index (χ3n) is 2.04. The summed E-state index contributed by atoms with van der Waals surface area (Å²) in [5.74, 6) is 0.913. The van der Waals surface area contributed by atoms with Crippen molar-refractivity contribution in [1.82, 2.24) is 0 Å². The molecule has 1 aromatic carbocycles. The first-order valence-electron chi connectivity index (χ1n) is 4.29. The molecule has 0 radical (unpaired) electrons. The fourth-order valence-electron chi connectivity index (χ4n) is 1.15. The van der Waals surface area contributed by atoms with Crippen molar-refractivity contribution in [2.75, 3.05) is 12.4 Å². The van der Waals surface area contributed by atoms with E-state index in [9.17, 15) is 0 Å². The summed E-state index contributed by atoms with van der Waals surface area (Å²) in [6.45, 7) is 0. The molecule has 0 atom stereocenters. The Morgan fingerprint density at radius 1 is 1.25 bits per heavy atom. The normalized spacial score (nSPS) is 15.8. The first kappa shape index (κ1) is 7.47. The van der Waals surface area contributed by atoms with Crippen molar-refractivity contribution in [2.45, 2.75) is 18.9 Å². The van der Waals surface area contributed by atoms with Gasteiger partial charge in [0.25, 0.3) is 0 Å². The van der Waals surface area contributed by atoms with Gasteiger partial charge in [0.2, 0.25) is 0 Å². The molecule has 2 heteroatoms. The van der Waals surface area contributed by atoms with Gasteiger partial charge in [-0.2, -0.15) is 0 Å². The van der Waals surface area contributed by atoms with Crippen LogP contribution < -0.4 is 10.1 Å². The highest BCUT2D eigenvalue weighted by molar-refractivity contribution is 5.47. The molecular weight excluding hydrogens is 150 g/mol. The van der Waals surface area contributed by atoms with Gasteiger partial charge in [-0.1, -0.05) is 0 Å². The van der Waals surface area contributed by atoms with Crippen LogP contribution in [0.1, 0.15) is 12.8 Å². The highest BCUT2D eigenvalue weighted by Gasteiger charge is 2.20. The summed E-state index contributed by atoms with van der Waals surface area (Å²) in [7, 11) is 1.68. The Bertz CT molecular complexity index is 251. The number of methoxy groups -OCH3 is 1. The van der Waals surface area contributed by atoms with Gasteiger partial charge in [0.05, 0.1) is 7.11 Å². The minimum Gasteiger partial charge on any atom is -0.497 e. The van der Waals surface area contributed by atoms with Crippen molar-refractivity contribution >= 4 is 5.69 Å². The van der Waals surface area contributed by atoms with Crippen LogP contribution in [0.4, 0.5) is 5.69 Å². The van der Waals surface area contributed by atoms with Crippen LogP contribution in [-0.4, -0.2) is 13.2 Å². The largest absolute Gasteiger partial charge is 0.497 e. The maximum atomic E-state index is 5.06. The van der Waals surface area contributed by atoms with Crippen LogP contribution in [0.2, 0.25) is 0 Å². The molecule has 0 saturated heterocycles. The lowest BCUT2D eigenvalue weighted by atomic mass is 10.3. The number of benzene rings is 1. The third-order valence-corrected chi connectivity index (χ3v) is 2.04. The summed E-state index contributed by atoms with van der Waals surface area (Å²) in [5.41, 5.74) is 1.19. The van der Waals surface area contributed by atoms with Crippen LogP contribution in [0.5, 0.6) is 5.75 Å². The van der Waals surface area contributed by atoms with Gasteiger partial charge < -0.3 is 10.1 Å². The molecule has 1 N–H and O–H groups in total. The van der Waals surface area contributed by atoms with E-state index in [-0.39, 0.29) is 0 Å². The SMILES string of the molecule is COc1ccc(NC2CC2)cc1. The van der Waals surface area contributed by atoms with Crippen LogP contribution in [0.15, 0.2) is 24.3 Å². The standard InChI is InChI=1S/C10H13NO/c1-12-10-6-4-9(5-7-10)11-8-2-3-8/h4-8,11H,2-3H2,1H3. The van der Waals surface area contributed by atoms with Crippen molar-refractivity contribution in [3.8, 4) is 5.75 Å². The number of rotatable bonds is 3. The molecule has 0 bridgehead atoms. The Hall–Kier alpha value is -1.18. The smallest absolute Gasteiger partial charge is 0.119 e. The van der Waals surface area contributed by atoms with Crippen LogP contribution in [0.25, 0.3) is 0 Å². The van der Waals surface area contributed by atoms with Crippen LogP contribution >= 0.6 is 0 Å². The Balaban J connectivity index is 2.02. The molecule has 1 aromatic rings. The Kier molecular flexibility index (Phi) is 1.90. The number of ether oxygens (including phenoxy) is 1. The summed E-state index contributed by atoms with van der Waals surface area (Å²) in [6.07, 6.45) is 2.62. The second kappa shape index (κ2) is 3.05. The van der Waals surface area contributed by atoms with Gasteiger partial charge in [-0.15, -0.1) is 0 Å². The molecular formula is C10H13NO. The Morgan fingerprint density at radius 3 is 2.42 bits per heavy atom. The topological polar surface area (TPSA) is 21.3 Å². The number of anilines is 1. The van der Waals surface area contributed by atoms with Crippen molar-refractivity contribution < 1.29 is 4.74 Å². The maximum Gasteiger partial charge on any atom is 0.119 e. The molecule has 0 amide bonds. The van der Waals surface area contributed by atoms with Crippen molar-refractivity contribution in [3.63, 3.8) is 0 Å². The molecule has 1 saturated carbocycles. The van der Waals surface area contributed by atoms with E-state index in [1.54, 1.807) is 7.11 Å². The molecule has 1 aliphatic carbocycles. The van der Waals surface area contributed by atoms with Gasteiger partial charge in [0.1, 0.15) is 5.75 Å². The number of hydrogen-bond donors (Lipinski definition) is 1. The van der Waals surface area contributed by atoms with Crippen molar-refractivity contribution in [3.05, 3.63) is 24.3 Å². The summed E-state index contributed by atoms with van der Waals surface area (Å²) in [6, 6.07) is 8.78. The van der Waals surface area contributed by atoms with E-state index in [1.165, 1.54) is 18.5 Å². The van der Waals surface area contributed by atoms with Gasteiger partial charge in [0.15, 0.2) is 0 Å². The highest BCUT2D eigenvalue weighted by Crippen LogP contribution is 2.25. The minimum absolute atomic E-state index is 0.721. The fraction of sp³-hybridized carbons (Fsp3) is 0.400. The quantitative estimate of drug-likeness (QED) is 0.738. The van der Waals surface area contributed by atoms with Gasteiger partial charge in [-0.25, -0.2) is 0 Å². The minimum atomic E-state index is 0.721. The predicted octanol–water partition coefficient (Wildman–Crippen LogP) is 2.27. The second-order valence-electron chi connectivity index (χ2n) is 3.15. The van der Waals surface area contributed by atoms with E-state index in [0.717, 1.165) is 11.8 Å². The van der Waals surface area contributed by atoms with Gasteiger partial charge in [-0.3, -0.25) is 0 Å². The lowest BCUT2D eigenvalue weighted by molar-refractivity contribution is 0.415. The van der Waals surface area contributed by atoms with E-state index >= 15 is 0 Å². The first-order valence-corrected chi connectivity index (χ1v) is 4.29. The lowest BCUT2D eigenvalue weighted by Gasteiger charge is -2.04. The van der Waals surface area contributed by atoms with Gasteiger partial charge >= 0.3 is 0 Å². The average Bonchev–Trinajstić information content (AvgIpc) is 2.90. The lowest BCUT2D eigenvalue weighted by Crippen LogP contribution is -1.99. The Labute approximate surface area is 72.5 Å². The zero-order chi connectivity index (χ0) is 8.39. The van der Waals surface area contributed by atoms with E-state index in [0.29, 0.717) is 0 Å². The number of hydrogen-bond acceptors (Lipinski definition) is 2. The highest BCUT2D eigenvalue weighted by atomic mass is 16.5. The van der Waals surface area contributed by atoms with Gasteiger partial charge in [0, 0.05) is 11.7 Å². The van der Waals surface area contributed by atoms with Crippen LogP contribution in [0, 0.1) is 0 Å². The molecule has 1 fully saturated rings. The molecule has 0 heterocycles. The van der Waals surface area contributed by atoms with Crippen LogP contribution in [0.3, 0.4) is 0 Å². The summed E-state index contributed by atoms with van der Waals surface area (Å²) >= 11 is 0. The predicted molar refractivity (Wildman–Crippen MR) is 49.6 cm³/mol. The summed E-state index contributed by atoms with van der Waals surface area (Å²) < 4.78 is 5.06. The summed E-state index contributed by atoms with van der Waals surface area (Å²) in [5, 5.41) is 3.41. The van der Waals surface area contributed by atoms with E-state index in [2.05, 4.69) is 17.4 Å². The second-order valence-corrected chi connectivity index (χ2v) is 3.15. The Morgan fingerprint density at radius 2 is 1.92 bits per heavy atom. The van der Waals surface area contributed by atoms with Crippen molar-refractivity contribution in [1.29, 1.82) is 0 Å². The maximum absolute atomic E-state index is 5.06. The third kappa shape index (κ3) is 1.70. The molecule has 1 aliphatic rings. The van der Waals surface area contributed by atoms with Crippen LogP contribution in [-0.2, 0) is 0 Å². The monoisotopic (exact) mass is 163 g/mol. The molecule has 64 valence electrons. The van der Waals surface area contributed by atoms with Gasteiger partial charge in [-0.05, 0) is 37.1 Å². The molecule has 0 spiro atoms. The van der Waals surface area contributed by atoms with E-state index in [4.69, 9.17) is 4.74 Å². The fourth-order valence-corrected chi connectivity index (χ4v) is 1.15. The first-order chi connectivity index (χ1) is 5.88. The number of nitrogens with one attached hydrogen (secondary N) is 1. The molecule has 0 unspecified atom stereocenters. The zero-order valence-corrected chi connectivity index (χ0v) is 7.21. The van der Waals surface area contributed by atoms with E-state index < -0.39 is 0 Å². The summed E-state index contributed by atoms with van der Waals surface area (Å²) in [4.78, 5) is 0. The van der Waals surface area contributed by atoms with Crippen molar-refractivity contribution in [2.24, 2.45) is 0 Å². The molecule has 0 aliphatic heterocycles. The van der Waals surface area contributed by atoms with E-state index in [1.807, 2.05) is 12.1 Å². The average molecular weight is 163 g/mol. The zero-order valence-electron chi connectivity index (χ0n) is 7.21. The molecule has 0 aromatic heterocycles. The molecule has 2 nitrogen and oxygen atoms in total.